The largest absolute Gasteiger partial charge is 0.323 e. The fourth-order valence-corrected chi connectivity index (χ4v) is 4.11. The fraction of sp³-hybridized carbons (Fsp3) is 0.278. The molecule has 0 spiro atoms. The smallest absolute Gasteiger partial charge is 0.284 e. The average Bonchev–Trinajstić information content (AvgIpc) is 2.59. The summed E-state index contributed by atoms with van der Waals surface area (Å²) in [4.78, 5) is 2.02. The molecule has 24 heavy (non-hydrogen) atoms. The van der Waals surface area contributed by atoms with E-state index in [4.69, 9.17) is 0 Å². The van der Waals surface area contributed by atoms with Crippen LogP contribution in [0, 0.1) is 6.92 Å². The summed E-state index contributed by atoms with van der Waals surface area (Å²) < 4.78 is 29.4. The Morgan fingerprint density at radius 2 is 1.71 bits per heavy atom. The van der Waals surface area contributed by atoms with E-state index >= 15 is 0 Å². The van der Waals surface area contributed by atoms with Crippen molar-refractivity contribution in [1.29, 1.82) is 0 Å². The zero-order chi connectivity index (χ0) is 17.6. The number of hydrogen-bond donors (Lipinski definition) is 0. The van der Waals surface area contributed by atoms with Crippen LogP contribution in [0.1, 0.15) is 18.9 Å². The summed E-state index contributed by atoms with van der Waals surface area (Å²) in [6.07, 6.45) is 0.941. The third-order valence-electron chi connectivity index (χ3n) is 3.38. The highest BCUT2D eigenvalue weighted by Crippen LogP contribution is 2.21. The molecular weight excluding hydrogens is 340 g/mol. The minimum Gasteiger partial charge on any atom is -0.323 e. The highest BCUT2D eigenvalue weighted by atomic mass is 32.2. The van der Waals surface area contributed by atoms with Crippen LogP contribution in [0.2, 0.25) is 0 Å². The Morgan fingerprint density at radius 3 is 2.29 bits per heavy atom. The van der Waals surface area contributed by atoms with E-state index < -0.39 is 10.0 Å². The summed E-state index contributed by atoms with van der Waals surface area (Å²) in [6, 6.07) is 16.4. The Hall–Kier alpha value is -1.79. The second-order valence-electron chi connectivity index (χ2n) is 5.41. The second-order valence-corrected chi connectivity index (χ2v) is 8.07. The van der Waals surface area contributed by atoms with Crippen molar-refractivity contribution in [3.63, 3.8) is 0 Å². The maximum atomic E-state index is 12.6. The molecule has 0 unspecified atom stereocenters. The van der Waals surface area contributed by atoms with Crippen LogP contribution in [0.4, 0.5) is 5.69 Å². The van der Waals surface area contributed by atoms with E-state index in [1.807, 2.05) is 49.2 Å². The molecule has 2 aromatic carbocycles. The molecule has 0 saturated carbocycles. The molecule has 0 saturated heterocycles. The Balaban J connectivity index is 2.38. The molecule has 0 radical (unpaired) electrons. The summed E-state index contributed by atoms with van der Waals surface area (Å²) in [5.74, 6) is 0.805. The van der Waals surface area contributed by atoms with Crippen molar-refractivity contribution in [2.24, 2.45) is 4.40 Å². The van der Waals surface area contributed by atoms with Gasteiger partial charge in [-0.3, -0.25) is 0 Å². The number of para-hydroxylation sites is 1. The second kappa shape index (κ2) is 8.35. The maximum absolute atomic E-state index is 12.6. The minimum atomic E-state index is -3.73. The van der Waals surface area contributed by atoms with Gasteiger partial charge in [-0.2, -0.15) is 8.42 Å². The highest BCUT2D eigenvalue weighted by molar-refractivity contribution is 8.14. The van der Waals surface area contributed by atoms with Gasteiger partial charge in [0.1, 0.15) is 0 Å². The van der Waals surface area contributed by atoms with Gasteiger partial charge in [0.05, 0.1) is 4.90 Å². The summed E-state index contributed by atoms with van der Waals surface area (Å²) in [6.45, 7) is 3.98. The summed E-state index contributed by atoms with van der Waals surface area (Å²) in [5, 5.41) is 0.476. The number of amidine groups is 1. The lowest BCUT2D eigenvalue weighted by Crippen LogP contribution is -2.25. The first-order valence-corrected chi connectivity index (χ1v) is 10.2. The number of nitrogens with zero attached hydrogens (tertiary/aromatic N) is 2. The van der Waals surface area contributed by atoms with Crippen LogP contribution in [-0.4, -0.2) is 26.4 Å². The molecule has 4 nitrogen and oxygen atoms in total. The lowest BCUT2D eigenvalue weighted by Gasteiger charge is -2.20. The molecule has 0 heterocycles. The molecule has 0 bridgehead atoms. The summed E-state index contributed by atoms with van der Waals surface area (Å²) in [5.41, 5.74) is 1.92. The van der Waals surface area contributed by atoms with Crippen molar-refractivity contribution < 1.29 is 8.42 Å². The van der Waals surface area contributed by atoms with Gasteiger partial charge in [-0.15, -0.1) is 4.40 Å². The number of aryl methyl sites for hydroxylation is 1. The summed E-state index contributed by atoms with van der Waals surface area (Å²) in [7, 11) is -1.90. The highest BCUT2D eigenvalue weighted by Gasteiger charge is 2.17. The molecule has 0 N–H and O–H groups in total. The van der Waals surface area contributed by atoms with E-state index in [1.54, 1.807) is 24.3 Å². The zero-order valence-corrected chi connectivity index (χ0v) is 15.8. The van der Waals surface area contributed by atoms with Gasteiger partial charge in [0.2, 0.25) is 0 Å². The molecule has 0 aliphatic carbocycles. The first-order valence-electron chi connectivity index (χ1n) is 7.77. The predicted octanol–water partition coefficient (Wildman–Crippen LogP) is 4.32. The molecule has 2 rings (SSSR count). The lowest BCUT2D eigenvalue weighted by molar-refractivity contribution is 0.598. The third-order valence-corrected chi connectivity index (χ3v) is 6.02. The Labute approximate surface area is 148 Å². The van der Waals surface area contributed by atoms with Crippen LogP contribution >= 0.6 is 11.8 Å². The van der Waals surface area contributed by atoms with Crippen LogP contribution < -0.4 is 4.90 Å². The van der Waals surface area contributed by atoms with E-state index in [9.17, 15) is 8.42 Å². The molecule has 0 amide bonds. The van der Waals surface area contributed by atoms with Crippen LogP contribution in [-0.2, 0) is 10.0 Å². The van der Waals surface area contributed by atoms with Crippen LogP contribution in [0.15, 0.2) is 63.9 Å². The molecule has 2 aromatic rings. The Morgan fingerprint density at radius 1 is 1.08 bits per heavy atom. The number of rotatable bonds is 5. The SMILES string of the molecule is CCCS/C(=N\S(=O)(=O)c1ccc(C)cc1)N(C)c1ccccc1. The van der Waals surface area contributed by atoms with Gasteiger partial charge >= 0.3 is 0 Å². The van der Waals surface area contributed by atoms with E-state index in [-0.39, 0.29) is 4.90 Å². The Bertz CT molecular complexity index is 786. The monoisotopic (exact) mass is 362 g/mol. The van der Waals surface area contributed by atoms with Crippen molar-refractivity contribution >= 4 is 32.6 Å². The van der Waals surface area contributed by atoms with Crippen molar-refractivity contribution in [2.45, 2.75) is 25.2 Å². The van der Waals surface area contributed by atoms with Gasteiger partial charge in [0.25, 0.3) is 10.0 Å². The zero-order valence-electron chi connectivity index (χ0n) is 14.1. The lowest BCUT2D eigenvalue weighted by atomic mass is 10.2. The molecule has 128 valence electrons. The maximum Gasteiger partial charge on any atom is 0.284 e. The predicted molar refractivity (Wildman–Crippen MR) is 103 cm³/mol. The third kappa shape index (κ3) is 4.85. The van der Waals surface area contributed by atoms with Crippen molar-refractivity contribution in [3.8, 4) is 0 Å². The normalized spacial score (nSPS) is 12.2. The number of hydrogen-bond acceptors (Lipinski definition) is 3. The van der Waals surface area contributed by atoms with Crippen LogP contribution in [0.25, 0.3) is 0 Å². The minimum absolute atomic E-state index is 0.212. The molecule has 0 aliphatic heterocycles. The summed E-state index contributed by atoms with van der Waals surface area (Å²) >= 11 is 1.45. The number of thioether (sulfide) groups is 1. The van der Waals surface area contributed by atoms with Crippen molar-refractivity contribution in [2.75, 3.05) is 17.7 Å². The first kappa shape index (κ1) is 18.5. The van der Waals surface area contributed by atoms with Gasteiger partial charge < -0.3 is 4.90 Å². The van der Waals surface area contributed by atoms with E-state index in [0.717, 1.165) is 23.4 Å². The molecule has 0 fully saturated rings. The number of sulfonamides is 1. The first-order chi connectivity index (χ1) is 11.4. The van der Waals surface area contributed by atoms with Gasteiger partial charge in [-0.1, -0.05) is 54.6 Å². The molecule has 0 aromatic heterocycles. The van der Waals surface area contributed by atoms with Crippen LogP contribution in [0.3, 0.4) is 0 Å². The average molecular weight is 363 g/mol. The van der Waals surface area contributed by atoms with Gasteiger partial charge in [-0.25, -0.2) is 0 Å². The van der Waals surface area contributed by atoms with Gasteiger partial charge in [-0.05, 0) is 37.6 Å². The van der Waals surface area contributed by atoms with E-state index in [1.165, 1.54) is 11.8 Å². The van der Waals surface area contributed by atoms with E-state index in [0.29, 0.717) is 5.17 Å². The van der Waals surface area contributed by atoms with Gasteiger partial charge in [0.15, 0.2) is 5.17 Å². The standard InChI is InChI=1S/C18H22N2O2S2/c1-4-14-23-18(20(3)16-8-6-5-7-9-16)19-24(21,22)17-12-10-15(2)11-13-17/h5-13H,4,14H2,1-3H3/b19-18-. The quantitative estimate of drug-likeness (QED) is 0.587. The number of benzene rings is 2. The van der Waals surface area contributed by atoms with E-state index in [2.05, 4.69) is 11.3 Å². The molecular formula is C18H22N2O2S2. The van der Waals surface area contributed by atoms with Crippen molar-refractivity contribution in [3.05, 3.63) is 60.2 Å². The molecule has 0 atom stereocenters. The molecule has 6 heteroatoms. The van der Waals surface area contributed by atoms with Gasteiger partial charge in [0, 0.05) is 18.5 Å². The molecule has 0 aliphatic rings. The number of anilines is 1. The fourth-order valence-electron chi connectivity index (χ4n) is 2.01. The topological polar surface area (TPSA) is 49.7 Å². The van der Waals surface area contributed by atoms with Crippen LogP contribution in [0.5, 0.6) is 0 Å². The Kier molecular flexibility index (Phi) is 6.45. The van der Waals surface area contributed by atoms with Crippen molar-refractivity contribution in [1.82, 2.24) is 0 Å².